The van der Waals surface area contributed by atoms with Crippen molar-refractivity contribution in [3.05, 3.63) is 63.4 Å². The lowest BCUT2D eigenvalue weighted by Crippen LogP contribution is -2.14. The van der Waals surface area contributed by atoms with Gasteiger partial charge in [0.15, 0.2) is 4.77 Å². The van der Waals surface area contributed by atoms with Gasteiger partial charge in [-0.3, -0.25) is 14.8 Å². The summed E-state index contributed by atoms with van der Waals surface area (Å²) in [6, 6.07) is 7.11. The number of hydrogen-bond acceptors (Lipinski definition) is 8. The molecule has 10 nitrogen and oxygen atoms in total. The van der Waals surface area contributed by atoms with Gasteiger partial charge in [-0.2, -0.15) is 0 Å². The highest BCUT2D eigenvalue weighted by molar-refractivity contribution is 7.92. The Bertz CT molecular complexity index is 1200. The molecule has 0 aliphatic heterocycles. The number of aromatic amines is 2. The summed E-state index contributed by atoms with van der Waals surface area (Å²) in [6.07, 6.45) is 3.96. The summed E-state index contributed by atoms with van der Waals surface area (Å²) in [5.74, 6) is -0.463. The third-order valence-electron chi connectivity index (χ3n) is 3.24. The minimum absolute atomic E-state index is 0.0147. The number of nitrogens with zero attached hydrogens (tertiary/aromatic N) is 3. The highest BCUT2D eigenvalue weighted by Crippen LogP contribution is 2.18. The summed E-state index contributed by atoms with van der Waals surface area (Å²) in [6.45, 7) is 0. The second kappa shape index (κ2) is 7.47. The maximum atomic E-state index is 12.3. The fraction of sp³-hybridized carbons (Fsp3) is 0. The number of rotatable bonds is 5. The Balaban J connectivity index is 1.82. The molecule has 0 amide bonds. The molecule has 0 radical (unpaired) electrons. The van der Waals surface area contributed by atoms with Crippen LogP contribution in [0.25, 0.3) is 0 Å². The average Bonchev–Trinajstić information content (AvgIpc) is 2.61. The maximum Gasteiger partial charge on any atom is 0.264 e. The van der Waals surface area contributed by atoms with E-state index in [-0.39, 0.29) is 21.2 Å². The number of H-pyrrole nitrogens is 2. The lowest BCUT2D eigenvalue weighted by atomic mass is 10.3. The van der Waals surface area contributed by atoms with Gasteiger partial charge in [0.1, 0.15) is 5.56 Å². The predicted octanol–water partition coefficient (Wildman–Crippen LogP) is 1.48. The van der Waals surface area contributed by atoms with Gasteiger partial charge in [0.25, 0.3) is 15.6 Å². The molecule has 2 aromatic heterocycles. The molecule has 0 saturated heterocycles. The molecular weight excluding hydrogens is 392 g/mol. The molecule has 0 saturated carbocycles. The number of hydrogen-bond donors (Lipinski definition) is 4. The quantitative estimate of drug-likeness (QED) is 0.371. The van der Waals surface area contributed by atoms with Crippen LogP contribution in [0.5, 0.6) is 5.88 Å². The lowest BCUT2D eigenvalue weighted by molar-refractivity contribution is 0.449. The maximum absolute atomic E-state index is 12.3. The molecule has 138 valence electrons. The van der Waals surface area contributed by atoms with E-state index in [0.29, 0.717) is 5.69 Å². The zero-order chi connectivity index (χ0) is 19.4. The van der Waals surface area contributed by atoms with Gasteiger partial charge in [-0.15, -0.1) is 0 Å². The summed E-state index contributed by atoms with van der Waals surface area (Å²) in [4.78, 5) is 28.1. The summed E-state index contributed by atoms with van der Waals surface area (Å²) in [5, 5.41) is 9.71. The highest BCUT2D eigenvalue weighted by Gasteiger charge is 2.15. The van der Waals surface area contributed by atoms with Crippen molar-refractivity contribution in [3.63, 3.8) is 0 Å². The van der Waals surface area contributed by atoms with E-state index in [1.54, 1.807) is 6.07 Å². The van der Waals surface area contributed by atoms with Crippen LogP contribution in [-0.2, 0) is 10.0 Å². The topological polar surface area (TPSA) is 153 Å². The van der Waals surface area contributed by atoms with Crippen molar-refractivity contribution in [2.24, 2.45) is 4.99 Å². The first-order chi connectivity index (χ1) is 12.8. The van der Waals surface area contributed by atoms with Crippen LogP contribution < -0.4 is 10.3 Å². The average molecular weight is 404 g/mol. The first kappa shape index (κ1) is 18.4. The molecule has 3 rings (SSSR count). The first-order valence-corrected chi connectivity index (χ1v) is 9.24. The van der Waals surface area contributed by atoms with E-state index in [2.05, 4.69) is 29.7 Å². The van der Waals surface area contributed by atoms with Crippen LogP contribution in [0.1, 0.15) is 5.56 Å². The van der Waals surface area contributed by atoms with E-state index in [0.717, 1.165) is 6.21 Å². The zero-order valence-electron chi connectivity index (χ0n) is 13.4. The van der Waals surface area contributed by atoms with Gasteiger partial charge in [-0.05, 0) is 42.5 Å². The van der Waals surface area contributed by atoms with Crippen LogP contribution >= 0.6 is 12.2 Å². The normalized spacial score (nSPS) is 11.6. The molecule has 0 spiro atoms. The van der Waals surface area contributed by atoms with Crippen molar-refractivity contribution in [2.45, 2.75) is 4.90 Å². The van der Waals surface area contributed by atoms with Gasteiger partial charge in [0, 0.05) is 18.6 Å². The van der Waals surface area contributed by atoms with E-state index in [1.165, 1.54) is 36.7 Å². The van der Waals surface area contributed by atoms with Gasteiger partial charge in [0.05, 0.1) is 10.6 Å². The fourth-order valence-corrected chi connectivity index (χ4v) is 3.13. The van der Waals surface area contributed by atoms with Gasteiger partial charge >= 0.3 is 0 Å². The molecule has 1 aromatic carbocycles. The third kappa shape index (κ3) is 4.43. The number of sulfonamides is 1. The van der Waals surface area contributed by atoms with E-state index in [9.17, 15) is 18.3 Å². The van der Waals surface area contributed by atoms with Gasteiger partial charge < -0.3 is 10.1 Å². The van der Waals surface area contributed by atoms with E-state index < -0.39 is 21.5 Å². The number of benzene rings is 1. The Morgan fingerprint density at radius 1 is 1.15 bits per heavy atom. The summed E-state index contributed by atoms with van der Waals surface area (Å²) >= 11 is 4.73. The van der Waals surface area contributed by atoms with E-state index in [4.69, 9.17) is 12.2 Å². The van der Waals surface area contributed by atoms with Crippen LogP contribution in [0, 0.1) is 4.77 Å². The Kier molecular flexibility index (Phi) is 5.09. The van der Waals surface area contributed by atoms with Crippen molar-refractivity contribution in [1.29, 1.82) is 0 Å². The van der Waals surface area contributed by atoms with Gasteiger partial charge in [0.2, 0.25) is 11.8 Å². The van der Waals surface area contributed by atoms with E-state index >= 15 is 0 Å². The molecule has 0 atom stereocenters. The third-order valence-corrected chi connectivity index (χ3v) is 4.79. The molecule has 2 heterocycles. The first-order valence-electron chi connectivity index (χ1n) is 7.35. The van der Waals surface area contributed by atoms with Crippen molar-refractivity contribution in [2.75, 3.05) is 4.72 Å². The SMILES string of the molecule is O=c1[nH]c(=S)[nH]c(O)c1C=Nc1ccc(S(=O)(=O)Nc2ncccn2)cc1. The van der Waals surface area contributed by atoms with Crippen LogP contribution in [0.2, 0.25) is 0 Å². The second-order valence-electron chi connectivity index (χ2n) is 5.10. The minimum Gasteiger partial charge on any atom is -0.494 e. The van der Waals surface area contributed by atoms with Gasteiger partial charge in [-0.25, -0.2) is 23.1 Å². The lowest BCUT2D eigenvalue weighted by Gasteiger charge is -2.06. The molecule has 0 aliphatic carbocycles. The molecule has 0 unspecified atom stereocenters. The molecule has 3 aromatic rings. The van der Waals surface area contributed by atoms with E-state index in [1.807, 2.05) is 0 Å². The zero-order valence-corrected chi connectivity index (χ0v) is 15.1. The largest absolute Gasteiger partial charge is 0.494 e. The number of nitrogens with one attached hydrogen (secondary N) is 3. The molecule has 4 N–H and O–H groups in total. The minimum atomic E-state index is -3.85. The number of aliphatic imine (C=N–C) groups is 1. The Hall–Kier alpha value is -3.38. The molecule has 0 fully saturated rings. The van der Waals surface area contributed by atoms with Gasteiger partial charge in [-0.1, -0.05) is 0 Å². The Labute approximate surface area is 157 Å². The summed E-state index contributed by atoms with van der Waals surface area (Å²) < 4.78 is 26.8. The number of aromatic nitrogens is 4. The van der Waals surface area contributed by atoms with Crippen LogP contribution in [0.15, 0.2) is 57.4 Å². The smallest absolute Gasteiger partial charge is 0.264 e. The summed E-state index contributed by atoms with van der Waals surface area (Å²) in [7, 11) is -3.85. The molecule has 27 heavy (non-hydrogen) atoms. The van der Waals surface area contributed by atoms with Crippen LogP contribution in [0.4, 0.5) is 11.6 Å². The van der Waals surface area contributed by atoms with Crippen molar-refractivity contribution in [1.82, 2.24) is 19.9 Å². The number of aromatic hydroxyl groups is 1. The highest BCUT2D eigenvalue weighted by atomic mass is 32.2. The fourth-order valence-electron chi connectivity index (χ4n) is 1.99. The molecule has 0 bridgehead atoms. The standard InChI is InChI=1S/C15H12N6O4S2/c22-12-11(13(23)20-15(26)19-12)8-18-9-2-4-10(5-3-9)27(24,25)21-14-16-6-1-7-17-14/h1-8H,(H,16,17,21)(H3,19,20,22,23,26). The molecule has 12 heteroatoms. The molecule has 0 aliphatic rings. The monoisotopic (exact) mass is 404 g/mol. The second-order valence-corrected chi connectivity index (χ2v) is 7.19. The number of anilines is 1. The Morgan fingerprint density at radius 3 is 2.44 bits per heavy atom. The predicted molar refractivity (Wildman–Crippen MR) is 100 cm³/mol. The van der Waals surface area contributed by atoms with Crippen LogP contribution in [-0.4, -0.2) is 39.7 Å². The summed E-state index contributed by atoms with van der Waals surface area (Å²) in [5.41, 5.74) is -0.347. The van der Waals surface area contributed by atoms with Crippen molar-refractivity contribution in [3.8, 4) is 5.88 Å². The van der Waals surface area contributed by atoms with Crippen LogP contribution in [0.3, 0.4) is 0 Å². The Morgan fingerprint density at radius 2 is 1.81 bits per heavy atom. The molecular formula is C15H12N6O4S2. The van der Waals surface area contributed by atoms with Crippen molar-refractivity contribution < 1.29 is 13.5 Å². The van der Waals surface area contributed by atoms with Crippen molar-refractivity contribution >= 4 is 40.1 Å².